The lowest BCUT2D eigenvalue weighted by Gasteiger charge is -2.20. The van der Waals surface area contributed by atoms with Gasteiger partial charge in [0.1, 0.15) is 12.6 Å². The first-order valence-corrected chi connectivity index (χ1v) is 10.7. The highest BCUT2D eigenvalue weighted by molar-refractivity contribution is 5.88. The van der Waals surface area contributed by atoms with Crippen LogP contribution >= 0.6 is 0 Å². The number of alkyl carbamates (subject to hydrolysis) is 1. The van der Waals surface area contributed by atoms with Gasteiger partial charge in [0.15, 0.2) is 0 Å². The number of aliphatic carboxylic acids is 1. The van der Waals surface area contributed by atoms with Crippen molar-refractivity contribution in [3.05, 3.63) is 59.7 Å². The number of unbranched alkanes of at least 4 members (excludes halogenated alkanes) is 1. The molecule has 7 nitrogen and oxygen atoms in total. The Kier molecular flexibility index (Phi) is 7.63. The van der Waals surface area contributed by atoms with Crippen LogP contribution in [0.5, 0.6) is 0 Å². The van der Waals surface area contributed by atoms with Gasteiger partial charge < -0.3 is 20.5 Å². The number of hydrogen-bond acceptors (Lipinski definition) is 4. The summed E-state index contributed by atoms with van der Waals surface area (Å²) in [5.74, 6) is -7.38. The Balaban J connectivity index is 1.55. The van der Waals surface area contributed by atoms with Crippen molar-refractivity contribution in [1.29, 1.82) is 0 Å². The second-order valence-corrected chi connectivity index (χ2v) is 7.89. The predicted octanol–water partition coefficient (Wildman–Crippen LogP) is 3.92. The van der Waals surface area contributed by atoms with Crippen LogP contribution < -0.4 is 10.6 Å². The maximum absolute atomic E-state index is 14.2. The first kappa shape index (κ1) is 24.2. The van der Waals surface area contributed by atoms with Gasteiger partial charge in [-0.25, -0.2) is 9.59 Å². The van der Waals surface area contributed by atoms with Gasteiger partial charge in [-0.05, 0) is 28.7 Å². The molecule has 0 heterocycles. The number of benzene rings is 2. The van der Waals surface area contributed by atoms with Crippen molar-refractivity contribution in [3.63, 3.8) is 0 Å². The van der Waals surface area contributed by atoms with Crippen molar-refractivity contribution in [2.45, 2.75) is 44.1 Å². The predicted molar refractivity (Wildman–Crippen MR) is 117 cm³/mol. The van der Waals surface area contributed by atoms with E-state index in [-0.39, 0.29) is 18.9 Å². The second-order valence-electron chi connectivity index (χ2n) is 7.89. The summed E-state index contributed by atoms with van der Waals surface area (Å²) in [5.41, 5.74) is 4.01. The maximum atomic E-state index is 14.2. The van der Waals surface area contributed by atoms with Crippen LogP contribution in [-0.4, -0.2) is 48.2 Å². The van der Waals surface area contributed by atoms with Crippen LogP contribution in [0.25, 0.3) is 11.1 Å². The molecule has 0 bridgehead atoms. The molecule has 0 radical (unpaired) electrons. The van der Waals surface area contributed by atoms with E-state index >= 15 is 0 Å². The van der Waals surface area contributed by atoms with Gasteiger partial charge in [-0.1, -0.05) is 68.3 Å². The number of rotatable bonds is 10. The van der Waals surface area contributed by atoms with Gasteiger partial charge >= 0.3 is 18.0 Å². The fourth-order valence-electron chi connectivity index (χ4n) is 3.84. The molecule has 0 aromatic heterocycles. The van der Waals surface area contributed by atoms with Gasteiger partial charge in [-0.3, -0.25) is 4.79 Å². The van der Waals surface area contributed by atoms with E-state index in [1.807, 2.05) is 66.1 Å². The molecule has 33 heavy (non-hydrogen) atoms. The van der Waals surface area contributed by atoms with E-state index in [9.17, 15) is 23.2 Å². The number of ether oxygens (including phenoxy) is 1. The molecule has 1 atom stereocenters. The van der Waals surface area contributed by atoms with Crippen LogP contribution in [0.4, 0.5) is 13.6 Å². The molecule has 3 N–H and O–H groups in total. The zero-order valence-corrected chi connectivity index (χ0v) is 18.1. The number of hydrogen-bond donors (Lipinski definition) is 3. The van der Waals surface area contributed by atoms with Crippen LogP contribution in [0.3, 0.4) is 0 Å². The summed E-state index contributed by atoms with van der Waals surface area (Å²) in [7, 11) is 0. The lowest BCUT2D eigenvalue weighted by atomic mass is 9.98. The largest absolute Gasteiger partial charge is 0.480 e. The Morgan fingerprint density at radius 1 is 1.06 bits per heavy atom. The van der Waals surface area contributed by atoms with E-state index in [4.69, 9.17) is 9.84 Å². The summed E-state index contributed by atoms with van der Waals surface area (Å²) < 4.78 is 33.5. The Morgan fingerprint density at radius 3 is 2.18 bits per heavy atom. The number of alkyl halides is 2. The van der Waals surface area contributed by atoms with Crippen molar-refractivity contribution in [1.82, 2.24) is 10.6 Å². The summed E-state index contributed by atoms with van der Waals surface area (Å²) in [4.78, 5) is 35.1. The average Bonchev–Trinajstić information content (AvgIpc) is 3.12. The van der Waals surface area contributed by atoms with Crippen LogP contribution in [0.2, 0.25) is 0 Å². The fraction of sp³-hybridized carbons (Fsp3) is 0.375. The van der Waals surface area contributed by atoms with Crippen molar-refractivity contribution < 1.29 is 33.0 Å². The van der Waals surface area contributed by atoms with Gasteiger partial charge in [-0.15, -0.1) is 0 Å². The van der Waals surface area contributed by atoms with E-state index < -0.39 is 36.5 Å². The molecule has 0 fully saturated rings. The number of fused-ring (bicyclic) bond motifs is 3. The SMILES string of the molecule is CCCCC(NC(=O)C(F)(F)CNC(=O)OCC1c2ccccc2-c2ccccc21)C(=O)O. The van der Waals surface area contributed by atoms with Crippen molar-refractivity contribution in [2.75, 3.05) is 13.2 Å². The zero-order valence-electron chi connectivity index (χ0n) is 18.1. The molecule has 2 amide bonds. The first-order valence-electron chi connectivity index (χ1n) is 10.7. The Morgan fingerprint density at radius 2 is 1.64 bits per heavy atom. The minimum Gasteiger partial charge on any atom is -0.480 e. The summed E-state index contributed by atoms with van der Waals surface area (Å²) in [6.07, 6.45) is 0.0540. The van der Waals surface area contributed by atoms with E-state index in [0.29, 0.717) is 12.8 Å². The van der Waals surface area contributed by atoms with Gasteiger partial charge in [0.05, 0.1) is 6.54 Å². The number of carboxylic acids is 1. The molecular formula is C24H26F2N2O5. The average molecular weight is 460 g/mol. The van der Waals surface area contributed by atoms with Gasteiger partial charge in [0, 0.05) is 5.92 Å². The maximum Gasteiger partial charge on any atom is 0.407 e. The molecule has 0 saturated heterocycles. The zero-order chi connectivity index (χ0) is 24.0. The monoisotopic (exact) mass is 460 g/mol. The molecule has 1 aliphatic carbocycles. The van der Waals surface area contributed by atoms with Crippen LogP contribution in [0.1, 0.15) is 43.2 Å². The summed E-state index contributed by atoms with van der Waals surface area (Å²) in [5, 5.41) is 12.8. The van der Waals surface area contributed by atoms with Crippen LogP contribution in [0, 0.1) is 0 Å². The molecule has 1 aliphatic rings. The van der Waals surface area contributed by atoms with Crippen molar-refractivity contribution in [3.8, 4) is 11.1 Å². The summed E-state index contributed by atoms with van der Waals surface area (Å²) in [6.45, 7) is 0.443. The molecule has 1 unspecified atom stereocenters. The lowest BCUT2D eigenvalue weighted by Crippen LogP contribution is -2.52. The van der Waals surface area contributed by atoms with E-state index in [1.165, 1.54) is 0 Å². The summed E-state index contributed by atoms with van der Waals surface area (Å²) >= 11 is 0. The molecule has 0 saturated carbocycles. The van der Waals surface area contributed by atoms with Gasteiger partial charge in [-0.2, -0.15) is 8.78 Å². The third kappa shape index (κ3) is 5.66. The minimum atomic E-state index is -3.99. The number of carbonyl (C=O) groups excluding carboxylic acids is 2. The molecular weight excluding hydrogens is 434 g/mol. The Bertz CT molecular complexity index is 982. The van der Waals surface area contributed by atoms with Crippen molar-refractivity contribution >= 4 is 18.0 Å². The third-order valence-electron chi connectivity index (χ3n) is 5.58. The van der Waals surface area contributed by atoms with Crippen molar-refractivity contribution in [2.24, 2.45) is 0 Å². The highest BCUT2D eigenvalue weighted by atomic mass is 19.3. The molecule has 9 heteroatoms. The van der Waals surface area contributed by atoms with E-state index in [2.05, 4.69) is 0 Å². The highest BCUT2D eigenvalue weighted by Crippen LogP contribution is 2.44. The topological polar surface area (TPSA) is 105 Å². The minimum absolute atomic E-state index is 0.0352. The number of amides is 2. The Hall–Kier alpha value is -3.49. The number of carbonyl (C=O) groups is 3. The number of halogens is 2. The van der Waals surface area contributed by atoms with E-state index in [1.54, 1.807) is 0 Å². The van der Waals surface area contributed by atoms with Gasteiger partial charge in [0.25, 0.3) is 5.91 Å². The quantitative estimate of drug-likeness (QED) is 0.499. The second kappa shape index (κ2) is 10.4. The first-order chi connectivity index (χ1) is 15.7. The Labute approximate surface area is 190 Å². The molecule has 3 rings (SSSR count). The molecule has 0 aliphatic heterocycles. The number of carboxylic acid groups (broad SMARTS) is 1. The number of nitrogens with one attached hydrogen (secondary N) is 2. The van der Waals surface area contributed by atoms with Crippen LogP contribution in [0.15, 0.2) is 48.5 Å². The third-order valence-corrected chi connectivity index (χ3v) is 5.58. The molecule has 2 aromatic carbocycles. The standard InChI is InChI=1S/C24H26F2N2O5/c1-2-3-12-20(21(29)30)28-22(31)24(25,26)14-27-23(32)33-13-19-17-10-6-4-8-15(17)16-9-5-7-11-18(16)19/h4-11,19-20H,2-3,12-14H2,1H3,(H,27,32)(H,28,31)(H,29,30). The van der Waals surface area contributed by atoms with Gasteiger partial charge in [0.2, 0.25) is 0 Å². The lowest BCUT2D eigenvalue weighted by molar-refractivity contribution is -0.150. The highest BCUT2D eigenvalue weighted by Gasteiger charge is 2.41. The summed E-state index contributed by atoms with van der Waals surface area (Å²) in [6, 6.07) is 14.0. The fourth-order valence-corrected chi connectivity index (χ4v) is 3.84. The molecule has 2 aromatic rings. The normalized spacial score (nSPS) is 13.5. The van der Waals surface area contributed by atoms with Crippen LogP contribution in [-0.2, 0) is 14.3 Å². The van der Waals surface area contributed by atoms with E-state index in [0.717, 1.165) is 22.3 Å². The molecule has 0 spiro atoms. The smallest absolute Gasteiger partial charge is 0.407 e. The molecule has 176 valence electrons.